The Kier molecular flexibility index (Phi) is 7.78. The predicted molar refractivity (Wildman–Crippen MR) is 122 cm³/mol. The Labute approximate surface area is 182 Å². The van der Waals surface area contributed by atoms with Gasteiger partial charge in [-0.15, -0.1) is 0 Å². The van der Waals surface area contributed by atoms with Gasteiger partial charge in [0.2, 0.25) is 0 Å². The molecule has 1 aromatic heterocycles. The second kappa shape index (κ2) is 10.7. The zero-order chi connectivity index (χ0) is 22.2. The number of amides is 1. The molecule has 0 bridgehead atoms. The highest BCUT2D eigenvalue weighted by molar-refractivity contribution is 5.97. The summed E-state index contributed by atoms with van der Waals surface area (Å²) >= 11 is 0. The molecule has 0 fully saturated rings. The van der Waals surface area contributed by atoms with Gasteiger partial charge in [-0.05, 0) is 50.6 Å². The highest BCUT2D eigenvalue weighted by Gasteiger charge is 2.26. The lowest BCUT2D eigenvalue weighted by atomic mass is 10.1. The van der Waals surface area contributed by atoms with Crippen LogP contribution < -0.4 is 16.0 Å². The number of nitrogens with two attached hydrogens (primary N) is 1. The molecule has 0 unspecified atom stereocenters. The maximum Gasteiger partial charge on any atom is 0.258 e. The fraction of sp³-hybridized carbons (Fsp3) is 0.375. The van der Waals surface area contributed by atoms with E-state index in [9.17, 15) is 9.59 Å². The summed E-state index contributed by atoms with van der Waals surface area (Å²) in [6.45, 7) is 3.10. The van der Waals surface area contributed by atoms with E-state index in [4.69, 9.17) is 10.5 Å². The first-order chi connectivity index (χ1) is 15.1. The molecule has 7 heteroatoms. The Morgan fingerprint density at radius 3 is 2.58 bits per heavy atom. The number of H-pyrrole nitrogens is 1. The minimum absolute atomic E-state index is 0.153. The third kappa shape index (κ3) is 5.30. The van der Waals surface area contributed by atoms with Crippen molar-refractivity contribution < 1.29 is 9.53 Å². The van der Waals surface area contributed by atoms with Crippen LogP contribution >= 0.6 is 0 Å². The zero-order valence-corrected chi connectivity index (χ0v) is 18.1. The molecule has 0 aliphatic carbocycles. The third-order valence-electron chi connectivity index (χ3n) is 5.45. The van der Waals surface area contributed by atoms with E-state index in [1.54, 1.807) is 42.3 Å². The molecule has 0 aliphatic rings. The number of nitrogens with one attached hydrogen (secondary N) is 1. The van der Waals surface area contributed by atoms with Crippen LogP contribution in [0.4, 0.5) is 0 Å². The van der Waals surface area contributed by atoms with Gasteiger partial charge in [0, 0.05) is 6.54 Å². The Morgan fingerprint density at radius 2 is 1.81 bits per heavy atom. The van der Waals surface area contributed by atoms with E-state index in [1.165, 1.54) is 0 Å². The minimum atomic E-state index is -0.413. The quantitative estimate of drug-likeness (QED) is 0.486. The number of hydrogen-bond donors (Lipinski definition) is 2. The number of carbonyl (C=O) groups excluding carboxylic acids is 1. The molecular formula is C24H30N4O3. The van der Waals surface area contributed by atoms with Crippen LogP contribution in [0.2, 0.25) is 0 Å². The van der Waals surface area contributed by atoms with Crippen molar-refractivity contribution in [1.82, 2.24) is 14.9 Å². The number of aromatic nitrogens is 2. The number of hydrogen-bond acceptors (Lipinski definition) is 5. The van der Waals surface area contributed by atoms with Crippen LogP contribution in [0.1, 0.15) is 54.8 Å². The zero-order valence-electron chi connectivity index (χ0n) is 18.1. The Morgan fingerprint density at radius 1 is 1.10 bits per heavy atom. The number of rotatable bonds is 10. The van der Waals surface area contributed by atoms with E-state index >= 15 is 0 Å². The van der Waals surface area contributed by atoms with Crippen LogP contribution in [0.25, 0.3) is 10.9 Å². The molecule has 3 aromatic rings. The van der Waals surface area contributed by atoms with Crippen molar-refractivity contribution in [3.8, 4) is 5.75 Å². The van der Waals surface area contributed by atoms with Gasteiger partial charge in [0.05, 0.1) is 29.6 Å². The second-order valence-electron chi connectivity index (χ2n) is 7.55. The molecule has 1 atom stereocenters. The fourth-order valence-corrected chi connectivity index (χ4v) is 3.68. The first kappa shape index (κ1) is 22.5. The molecular weight excluding hydrogens is 392 g/mol. The topological polar surface area (TPSA) is 101 Å². The van der Waals surface area contributed by atoms with E-state index in [1.807, 2.05) is 25.1 Å². The van der Waals surface area contributed by atoms with Gasteiger partial charge in [-0.25, -0.2) is 4.98 Å². The van der Waals surface area contributed by atoms with E-state index in [2.05, 4.69) is 9.97 Å². The molecule has 3 rings (SSSR count). The average Bonchev–Trinajstić information content (AvgIpc) is 2.80. The van der Waals surface area contributed by atoms with Gasteiger partial charge >= 0.3 is 0 Å². The predicted octanol–water partition coefficient (Wildman–Crippen LogP) is 3.65. The molecule has 31 heavy (non-hydrogen) atoms. The van der Waals surface area contributed by atoms with Crippen LogP contribution in [0, 0.1) is 0 Å². The van der Waals surface area contributed by atoms with E-state index in [-0.39, 0.29) is 11.5 Å². The molecule has 0 spiro atoms. The summed E-state index contributed by atoms with van der Waals surface area (Å²) in [6, 6.07) is 14.0. The number of carbonyl (C=O) groups is 1. The van der Waals surface area contributed by atoms with Gasteiger partial charge < -0.3 is 20.4 Å². The summed E-state index contributed by atoms with van der Waals surface area (Å²) < 4.78 is 5.40. The molecule has 0 radical (unpaired) electrons. The van der Waals surface area contributed by atoms with Gasteiger partial charge in [-0.2, -0.15) is 0 Å². The normalized spacial score (nSPS) is 12.0. The summed E-state index contributed by atoms with van der Waals surface area (Å²) in [5, 5.41) is 0.530. The van der Waals surface area contributed by atoms with Gasteiger partial charge in [0.15, 0.2) is 0 Å². The first-order valence-electron chi connectivity index (χ1n) is 10.7. The van der Waals surface area contributed by atoms with E-state index in [0.717, 1.165) is 25.7 Å². The van der Waals surface area contributed by atoms with Crippen molar-refractivity contribution in [2.24, 2.45) is 5.73 Å². The lowest BCUT2D eigenvalue weighted by Crippen LogP contribution is -2.36. The van der Waals surface area contributed by atoms with Crippen molar-refractivity contribution in [2.75, 3.05) is 20.2 Å². The highest BCUT2D eigenvalue weighted by atomic mass is 16.5. The molecule has 0 saturated heterocycles. The molecule has 0 aliphatic heterocycles. The van der Waals surface area contributed by atoms with Gasteiger partial charge in [0.25, 0.3) is 11.5 Å². The number of fused-ring (bicyclic) bond motifs is 1. The summed E-state index contributed by atoms with van der Waals surface area (Å²) in [7, 11) is 1.55. The first-order valence-corrected chi connectivity index (χ1v) is 10.7. The van der Waals surface area contributed by atoms with Crippen LogP contribution in [0.15, 0.2) is 53.3 Å². The van der Waals surface area contributed by atoms with E-state index < -0.39 is 6.04 Å². The maximum atomic E-state index is 13.5. The second-order valence-corrected chi connectivity index (χ2v) is 7.55. The highest BCUT2D eigenvalue weighted by Crippen LogP contribution is 2.25. The number of unbranched alkanes of at least 4 members (excludes halogenated alkanes) is 3. The Hall–Kier alpha value is -3.19. The summed E-state index contributed by atoms with van der Waals surface area (Å²) in [5.74, 6) is 0.835. The van der Waals surface area contributed by atoms with Crippen molar-refractivity contribution in [2.45, 2.75) is 38.6 Å². The standard InChI is InChI=1S/C24H30N4O3/c1-17(22-26-20-13-7-5-11-18(20)23(29)27-22)28(16-10-4-3-9-15-25)24(30)19-12-6-8-14-21(19)31-2/h5-8,11-14,17H,3-4,9-10,15-16,25H2,1-2H3,(H,26,27,29)/t17-/m0/s1. The molecule has 2 aromatic carbocycles. The third-order valence-corrected chi connectivity index (χ3v) is 5.45. The van der Waals surface area contributed by atoms with Crippen LogP contribution in [0.5, 0.6) is 5.75 Å². The number of nitrogens with zero attached hydrogens (tertiary/aromatic N) is 2. The molecule has 1 heterocycles. The minimum Gasteiger partial charge on any atom is -0.496 e. The summed E-state index contributed by atoms with van der Waals surface area (Å²) in [5.41, 5.74) is 6.48. The molecule has 7 nitrogen and oxygen atoms in total. The van der Waals surface area contributed by atoms with Gasteiger partial charge in [-0.3, -0.25) is 9.59 Å². The SMILES string of the molecule is COc1ccccc1C(=O)N(CCCCCCN)[C@@H](C)c1nc2ccccc2c(=O)[nH]1. The lowest BCUT2D eigenvalue weighted by molar-refractivity contribution is 0.0675. The van der Waals surface area contributed by atoms with Crippen molar-refractivity contribution in [3.05, 3.63) is 70.3 Å². The lowest BCUT2D eigenvalue weighted by Gasteiger charge is -2.29. The fourth-order valence-electron chi connectivity index (χ4n) is 3.68. The van der Waals surface area contributed by atoms with Crippen molar-refractivity contribution in [3.63, 3.8) is 0 Å². The molecule has 164 valence electrons. The number of aromatic amines is 1. The Balaban J connectivity index is 1.93. The molecule has 0 saturated carbocycles. The van der Waals surface area contributed by atoms with Crippen molar-refractivity contribution >= 4 is 16.8 Å². The van der Waals surface area contributed by atoms with Crippen LogP contribution in [0.3, 0.4) is 0 Å². The monoisotopic (exact) mass is 422 g/mol. The largest absolute Gasteiger partial charge is 0.496 e. The number of ether oxygens (including phenoxy) is 1. The van der Waals surface area contributed by atoms with Crippen LogP contribution in [-0.2, 0) is 0 Å². The maximum absolute atomic E-state index is 13.5. The van der Waals surface area contributed by atoms with Crippen molar-refractivity contribution in [1.29, 1.82) is 0 Å². The number of para-hydroxylation sites is 2. The van der Waals surface area contributed by atoms with E-state index in [0.29, 0.717) is 41.1 Å². The smallest absolute Gasteiger partial charge is 0.258 e. The van der Waals surface area contributed by atoms with Crippen LogP contribution in [-0.4, -0.2) is 41.0 Å². The van der Waals surface area contributed by atoms with Gasteiger partial charge in [-0.1, -0.05) is 37.1 Å². The molecule has 1 amide bonds. The number of benzene rings is 2. The van der Waals surface area contributed by atoms with Gasteiger partial charge in [0.1, 0.15) is 11.6 Å². The summed E-state index contributed by atoms with van der Waals surface area (Å²) in [6.07, 6.45) is 3.80. The summed E-state index contributed by atoms with van der Waals surface area (Å²) in [4.78, 5) is 35.3. The number of methoxy groups -OCH3 is 1. The average molecular weight is 423 g/mol. The molecule has 3 N–H and O–H groups in total. The Bertz CT molecular complexity index is 1080.